The first-order valence-electron chi connectivity index (χ1n) is 3.77. The van der Waals surface area contributed by atoms with E-state index >= 15 is 0 Å². The Kier molecular flexibility index (Phi) is 3.14. The molecule has 0 saturated heterocycles. The fraction of sp³-hybridized carbons (Fsp3) is 0.222. The Balaban J connectivity index is 3.01. The van der Waals surface area contributed by atoms with Gasteiger partial charge in [0.15, 0.2) is 6.10 Å². The Labute approximate surface area is 78.9 Å². The van der Waals surface area contributed by atoms with Crippen LogP contribution in [0.25, 0.3) is 0 Å². The molecule has 1 aromatic rings. The van der Waals surface area contributed by atoms with Crippen molar-refractivity contribution >= 4 is 5.97 Å². The number of ether oxygens (including phenoxy) is 1. The highest BCUT2D eigenvalue weighted by molar-refractivity contribution is 5.76. The number of esters is 1. The molecule has 0 aliphatic rings. The number of hydrogen-bond donors (Lipinski definition) is 1. The summed E-state index contributed by atoms with van der Waals surface area (Å²) in [6.07, 6.45) is -1.72. The molecule has 0 aliphatic heterocycles. The summed E-state index contributed by atoms with van der Waals surface area (Å²) >= 11 is 0. The molecule has 0 heterocycles. The molecule has 0 spiro atoms. The first kappa shape index (κ1) is 10.6. The summed E-state index contributed by atoms with van der Waals surface area (Å²) in [6, 6.07) is 2.53. The quantitative estimate of drug-likeness (QED) is 0.732. The molecule has 3 nitrogen and oxygen atoms in total. The average Bonchev–Trinajstić information content (AvgIpc) is 2.15. The van der Waals surface area contributed by atoms with Crippen LogP contribution in [0.1, 0.15) is 11.7 Å². The zero-order valence-corrected chi connectivity index (χ0v) is 7.33. The molecule has 1 N–H and O–H groups in total. The zero-order valence-electron chi connectivity index (χ0n) is 7.33. The number of aliphatic hydroxyl groups is 1. The highest BCUT2D eigenvalue weighted by Crippen LogP contribution is 2.18. The highest BCUT2D eigenvalue weighted by Gasteiger charge is 2.21. The minimum atomic E-state index is -1.72. The predicted octanol–water partition coefficient (Wildman–Crippen LogP) is 1.17. The second kappa shape index (κ2) is 4.15. The number of halogens is 2. The lowest BCUT2D eigenvalue weighted by Gasteiger charge is -2.08. The van der Waals surface area contributed by atoms with Crippen molar-refractivity contribution in [1.29, 1.82) is 0 Å². The molecule has 0 saturated carbocycles. The monoisotopic (exact) mass is 202 g/mol. The fourth-order valence-corrected chi connectivity index (χ4v) is 0.962. The van der Waals surface area contributed by atoms with Gasteiger partial charge >= 0.3 is 5.97 Å². The SMILES string of the molecule is COC(=O)C(O)c1ccc(F)cc1F. The van der Waals surface area contributed by atoms with Crippen LogP contribution in [0.3, 0.4) is 0 Å². The van der Waals surface area contributed by atoms with E-state index in [1.165, 1.54) is 0 Å². The summed E-state index contributed by atoms with van der Waals surface area (Å²) in [6.45, 7) is 0. The van der Waals surface area contributed by atoms with E-state index < -0.39 is 23.7 Å². The molecule has 1 atom stereocenters. The smallest absolute Gasteiger partial charge is 0.339 e. The molecule has 0 amide bonds. The van der Waals surface area contributed by atoms with Crippen molar-refractivity contribution < 1.29 is 23.4 Å². The van der Waals surface area contributed by atoms with Crippen LogP contribution in [-0.2, 0) is 9.53 Å². The van der Waals surface area contributed by atoms with Gasteiger partial charge in [0.25, 0.3) is 0 Å². The van der Waals surface area contributed by atoms with Gasteiger partial charge in [-0.05, 0) is 12.1 Å². The lowest BCUT2D eigenvalue weighted by molar-refractivity contribution is -0.150. The van der Waals surface area contributed by atoms with Crippen LogP contribution in [-0.4, -0.2) is 18.2 Å². The van der Waals surface area contributed by atoms with Gasteiger partial charge in [0.1, 0.15) is 11.6 Å². The first-order chi connectivity index (χ1) is 6.56. The van der Waals surface area contributed by atoms with Crippen molar-refractivity contribution in [2.45, 2.75) is 6.10 Å². The molecule has 0 aromatic heterocycles. The average molecular weight is 202 g/mol. The van der Waals surface area contributed by atoms with E-state index in [9.17, 15) is 18.7 Å². The molecular weight excluding hydrogens is 194 g/mol. The second-order valence-corrected chi connectivity index (χ2v) is 2.59. The highest BCUT2D eigenvalue weighted by atomic mass is 19.1. The maximum Gasteiger partial charge on any atom is 0.339 e. The maximum absolute atomic E-state index is 13.0. The molecule has 0 aliphatic carbocycles. The van der Waals surface area contributed by atoms with Crippen LogP contribution in [0.2, 0.25) is 0 Å². The van der Waals surface area contributed by atoms with Crippen molar-refractivity contribution in [2.75, 3.05) is 7.11 Å². The van der Waals surface area contributed by atoms with E-state index in [4.69, 9.17) is 0 Å². The third-order valence-electron chi connectivity index (χ3n) is 1.68. The number of methoxy groups -OCH3 is 1. The number of benzene rings is 1. The van der Waals surface area contributed by atoms with E-state index in [0.29, 0.717) is 6.07 Å². The van der Waals surface area contributed by atoms with Crippen LogP contribution < -0.4 is 0 Å². The number of carbonyl (C=O) groups excluding carboxylic acids is 1. The van der Waals surface area contributed by atoms with Gasteiger partial charge < -0.3 is 9.84 Å². The Morgan fingerprint density at radius 1 is 1.50 bits per heavy atom. The van der Waals surface area contributed by atoms with Crippen molar-refractivity contribution in [3.8, 4) is 0 Å². The van der Waals surface area contributed by atoms with Crippen molar-refractivity contribution in [2.24, 2.45) is 0 Å². The van der Waals surface area contributed by atoms with Crippen molar-refractivity contribution in [1.82, 2.24) is 0 Å². The van der Waals surface area contributed by atoms with Gasteiger partial charge in [-0.2, -0.15) is 0 Å². The van der Waals surface area contributed by atoms with Crippen molar-refractivity contribution in [3.05, 3.63) is 35.4 Å². The largest absolute Gasteiger partial charge is 0.467 e. The number of rotatable bonds is 2. The van der Waals surface area contributed by atoms with Gasteiger partial charge in [0.2, 0.25) is 0 Å². The molecule has 1 rings (SSSR count). The summed E-state index contributed by atoms with van der Waals surface area (Å²) in [7, 11) is 1.06. The van der Waals surface area contributed by atoms with E-state index in [1.54, 1.807) is 0 Å². The van der Waals surface area contributed by atoms with Crippen LogP contribution in [0, 0.1) is 11.6 Å². The van der Waals surface area contributed by atoms with Crippen molar-refractivity contribution in [3.63, 3.8) is 0 Å². The fourth-order valence-electron chi connectivity index (χ4n) is 0.962. The Bertz CT molecular complexity index is 352. The number of hydrogen-bond acceptors (Lipinski definition) is 3. The molecule has 0 radical (unpaired) electrons. The Morgan fingerprint density at radius 2 is 2.14 bits per heavy atom. The minimum Gasteiger partial charge on any atom is -0.467 e. The summed E-state index contributed by atoms with van der Waals surface area (Å²) in [5, 5.41) is 9.22. The molecule has 0 bridgehead atoms. The molecule has 0 fully saturated rings. The minimum absolute atomic E-state index is 0.307. The van der Waals surface area contributed by atoms with E-state index in [2.05, 4.69) is 4.74 Å². The number of carbonyl (C=O) groups is 1. The Hall–Kier alpha value is -1.49. The van der Waals surface area contributed by atoms with E-state index in [-0.39, 0.29) is 5.56 Å². The standard InChI is InChI=1S/C9H8F2O3/c1-14-9(13)8(12)6-3-2-5(10)4-7(6)11/h2-4,8,12H,1H3. The lowest BCUT2D eigenvalue weighted by atomic mass is 10.1. The summed E-state index contributed by atoms with van der Waals surface area (Å²) in [5.41, 5.74) is -0.307. The molecule has 1 unspecified atom stereocenters. The van der Waals surface area contributed by atoms with Gasteiger partial charge in [-0.3, -0.25) is 0 Å². The lowest BCUT2D eigenvalue weighted by Crippen LogP contribution is -2.14. The third kappa shape index (κ3) is 2.05. The third-order valence-corrected chi connectivity index (χ3v) is 1.68. The van der Waals surface area contributed by atoms with Gasteiger partial charge in [0.05, 0.1) is 7.11 Å². The van der Waals surface area contributed by atoms with Crippen LogP contribution in [0.15, 0.2) is 18.2 Å². The molecule has 1 aromatic carbocycles. The number of aliphatic hydroxyl groups excluding tert-OH is 1. The first-order valence-corrected chi connectivity index (χ1v) is 3.77. The molecular formula is C9H8F2O3. The normalized spacial score (nSPS) is 12.3. The van der Waals surface area contributed by atoms with E-state index in [0.717, 1.165) is 19.2 Å². The Morgan fingerprint density at radius 3 is 2.64 bits per heavy atom. The van der Waals surface area contributed by atoms with Gasteiger partial charge in [-0.25, -0.2) is 13.6 Å². The topological polar surface area (TPSA) is 46.5 Å². The van der Waals surface area contributed by atoms with Crippen LogP contribution >= 0.6 is 0 Å². The van der Waals surface area contributed by atoms with Gasteiger partial charge in [-0.15, -0.1) is 0 Å². The summed E-state index contributed by atoms with van der Waals surface area (Å²) in [4.78, 5) is 10.8. The summed E-state index contributed by atoms with van der Waals surface area (Å²) < 4.78 is 29.6. The van der Waals surface area contributed by atoms with Gasteiger partial charge in [-0.1, -0.05) is 0 Å². The predicted molar refractivity (Wildman–Crippen MR) is 43.3 cm³/mol. The molecule has 14 heavy (non-hydrogen) atoms. The summed E-state index contributed by atoms with van der Waals surface area (Å²) in [5.74, 6) is -2.75. The van der Waals surface area contributed by atoms with E-state index in [1.807, 2.05) is 0 Å². The molecule has 5 heteroatoms. The second-order valence-electron chi connectivity index (χ2n) is 2.59. The van der Waals surface area contributed by atoms with Gasteiger partial charge in [0, 0.05) is 11.6 Å². The molecule has 76 valence electrons. The zero-order chi connectivity index (χ0) is 10.7. The van der Waals surface area contributed by atoms with Crippen LogP contribution in [0.5, 0.6) is 0 Å². The van der Waals surface area contributed by atoms with Crippen LogP contribution in [0.4, 0.5) is 8.78 Å². The maximum atomic E-state index is 13.0.